The second-order valence-electron chi connectivity index (χ2n) is 5.39. The van der Waals surface area contributed by atoms with Gasteiger partial charge < -0.3 is 16.5 Å². The smallest absolute Gasteiger partial charge is 1.00 e. The minimum absolute atomic E-state index is 0. The van der Waals surface area contributed by atoms with Gasteiger partial charge in [-0.3, -0.25) is 9.32 Å². The van der Waals surface area contributed by atoms with Crippen LogP contribution in [0.5, 0.6) is 0 Å². The first-order valence-corrected chi connectivity index (χ1v) is 8.83. The van der Waals surface area contributed by atoms with Crippen molar-refractivity contribution in [2.75, 3.05) is 6.73 Å². The van der Waals surface area contributed by atoms with Crippen molar-refractivity contribution in [2.24, 2.45) is 0 Å². The first-order chi connectivity index (χ1) is 11.8. The number of amides is 3. The predicted octanol–water partition coefficient (Wildman–Crippen LogP) is -1.33. The molecule has 8 nitrogen and oxygen atoms in total. The maximum absolute atomic E-state index is 13.1. The van der Waals surface area contributed by atoms with E-state index in [1.54, 1.807) is 60.7 Å². The fourth-order valence-corrected chi connectivity index (χ4v) is 3.03. The molecule has 0 spiro atoms. The van der Waals surface area contributed by atoms with Gasteiger partial charge in [0.25, 0.3) is 5.91 Å². The molecule has 1 aliphatic rings. The molecule has 0 bridgehead atoms. The first kappa shape index (κ1) is 20.8. The Hall–Kier alpha value is -1.51. The van der Waals surface area contributed by atoms with Crippen molar-refractivity contribution in [3.05, 3.63) is 71.8 Å². The molecule has 0 unspecified atom stereocenters. The van der Waals surface area contributed by atoms with Crippen LogP contribution in [0.4, 0.5) is 4.79 Å². The minimum Gasteiger partial charge on any atom is -1.00 e. The molecule has 10 heteroatoms. The number of benzene rings is 2. The number of imide groups is 1. The molecular weight excluding hydrogens is 370 g/mol. The quantitative estimate of drug-likeness (QED) is 0.333. The molecule has 2 aromatic carbocycles. The number of phosphoric ester groups is 1. The van der Waals surface area contributed by atoms with Crippen molar-refractivity contribution in [2.45, 2.75) is 5.54 Å². The number of hydrogen-bond donors (Lipinski definition) is 3. The van der Waals surface area contributed by atoms with Crippen LogP contribution >= 0.6 is 7.82 Å². The molecule has 3 amide bonds. The van der Waals surface area contributed by atoms with E-state index < -0.39 is 32.0 Å². The summed E-state index contributed by atoms with van der Waals surface area (Å²) in [5.74, 6) is -0.677. The standard InChI is InChI=1S/C16H15N2O6P.Na.H/c19-14-16(12-7-3-1-4-8-12,13-9-5-2-6-10-13)17-15(20)18(14)11-24-25(21,22)23;;/h1-10H,11H2,(H,17,20)(H2,21,22,23);;/q;+1;-1. The molecule has 3 rings (SSSR count). The molecule has 0 saturated carbocycles. The van der Waals surface area contributed by atoms with E-state index in [4.69, 9.17) is 9.79 Å². The Morgan fingerprint density at radius 2 is 1.46 bits per heavy atom. The average Bonchev–Trinajstić information content (AvgIpc) is 2.85. The number of hydrogen-bond acceptors (Lipinski definition) is 4. The van der Waals surface area contributed by atoms with Crippen LogP contribution in [0.25, 0.3) is 0 Å². The van der Waals surface area contributed by atoms with Gasteiger partial charge in [0, 0.05) is 0 Å². The van der Waals surface area contributed by atoms with Gasteiger partial charge in [0.15, 0.2) is 5.54 Å². The second-order valence-corrected chi connectivity index (χ2v) is 6.63. The molecule has 1 aliphatic heterocycles. The van der Waals surface area contributed by atoms with Gasteiger partial charge in [0.2, 0.25) is 0 Å². The molecular formula is C16H16N2NaO6P. The van der Waals surface area contributed by atoms with Crippen molar-refractivity contribution in [3.8, 4) is 0 Å². The summed E-state index contributed by atoms with van der Waals surface area (Å²) in [4.78, 5) is 43.7. The van der Waals surface area contributed by atoms with Crippen molar-refractivity contribution in [1.29, 1.82) is 0 Å². The molecule has 1 fully saturated rings. The maximum Gasteiger partial charge on any atom is 1.00 e. The number of carbonyl (C=O) groups excluding carboxylic acids is 2. The van der Waals surface area contributed by atoms with E-state index in [0.717, 1.165) is 0 Å². The van der Waals surface area contributed by atoms with Crippen LogP contribution in [-0.4, -0.2) is 33.4 Å². The number of carbonyl (C=O) groups is 2. The molecule has 26 heavy (non-hydrogen) atoms. The molecule has 0 aliphatic carbocycles. The van der Waals surface area contributed by atoms with Crippen LogP contribution in [0.2, 0.25) is 0 Å². The van der Waals surface area contributed by atoms with Gasteiger partial charge in [-0.15, -0.1) is 0 Å². The number of phosphoric acid groups is 1. The predicted molar refractivity (Wildman–Crippen MR) is 88.1 cm³/mol. The summed E-state index contributed by atoms with van der Waals surface area (Å²) < 4.78 is 15.2. The molecule has 1 heterocycles. The normalized spacial score (nSPS) is 16.2. The minimum atomic E-state index is -4.83. The molecule has 0 aromatic heterocycles. The third-order valence-electron chi connectivity index (χ3n) is 3.87. The number of urea groups is 1. The van der Waals surface area contributed by atoms with Crippen LogP contribution in [0.15, 0.2) is 60.7 Å². The number of rotatable bonds is 5. The molecule has 132 valence electrons. The van der Waals surface area contributed by atoms with Crippen molar-refractivity contribution in [3.63, 3.8) is 0 Å². The van der Waals surface area contributed by atoms with E-state index in [1.807, 2.05) is 0 Å². The first-order valence-electron chi connectivity index (χ1n) is 7.30. The van der Waals surface area contributed by atoms with E-state index in [-0.39, 0.29) is 31.0 Å². The van der Waals surface area contributed by atoms with E-state index in [2.05, 4.69) is 9.84 Å². The van der Waals surface area contributed by atoms with Crippen LogP contribution in [0.1, 0.15) is 12.6 Å². The van der Waals surface area contributed by atoms with Gasteiger partial charge in [0.1, 0.15) is 6.73 Å². The summed E-state index contributed by atoms with van der Waals surface area (Å²) in [5.41, 5.74) is -0.436. The zero-order chi connectivity index (χ0) is 18.1. The van der Waals surface area contributed by atoms with Crippen molar-refractivity contribution < 1.29 is 59.4 Å². The van der Waals surface area contributed by atoms with Gasteiger partial charge in [-0.1, -0.05) is 60.7 Å². The Kier molecular flexibility index (Phi) is 6.42. The van der Waals surface area contributed by atoms with Gasteiger partial charge in [-0.05, 0) is 11.1 Å². The molecule has 2 aromatic rings. The van der Waals surface area contributed by atoms with Crippen molar-refractivity contribution in [1.82, 2.24) is 10.2 Å². The van der Waals surface area contributed by atoms with Crippen LogP contribution in [0, 0.1) is 0 Å². The van der Waals surface area contributed by atoms with E-state index in [9.17, 15) is 14.2 Å². The number of nitrogens with one attached hydrogen (secondary N) is 1. The van der Waals surface area contributed by atoms with Gasteiger partial charge in [-0.25, -0.2) is 14.3 Å². The Morgan fingerprint density at radius 3 is 1.88 bits per heavy atom. The zero-order valence-electron chi connectivity index (χ0n) is 14.9. The largest absolute Gasteiger partial charge is 1.00 e. The van der Waals surface area contributed by atoms with Gasteiger partial charge in [-0.2, -0.15) is 0 Å². The Morgan fingerprint density at radius 1 is 1.00 bits per heavy atom. The third-order valence-corrected chi connectivity index (χ3v) is 4.33. The summed E-state index contributed by atoms with van der Waals surface area (Å²) in [7, 11) is -4.83. The maximum atomic E-state index is 13.1. The van der Waals surface area contributed by atoms with E-state index in [1.165, 1.54) is 0 Å². The summed E-state index contributed by atoms with van der Waals surface area (Å²) in [6.45, 7) is -0.851. The van der Waals surface area contributed by atoms with Crippen LogP contribution < -0.4 is 34.9 Å². The average molecular weight is 386 g/mol. The fraction of sp³-hybridized carbons (Fsp3) is 0.125. The Balaban J connectivity index is 0.00000182. The van der Waals surface area contributed by atoms with Crippen LogP contribution in [0.3, 0.4) is 0 Å². The zero-order valence-corrected chi connectivity index (χ0v) is 16.8. The van der Waals surface area contributed by atoms with Gasteiger partial charge >= 0.3 is 43.4 Å². The summed E-state index contributed by atoms with van der Waals surface area (Å²) in [6, 6.07) is 16.4. The number of nitrogens with zero attached hydrogens (tertiary/aromatic N) is 1. The second kappa shape index (κ2) is 8.02. The third kappa shape index (κ3) is 3.92. The molecule has 0 atom stereocenters. The molecule has 1 saturated heterocycles. The fourth-order valence-electron chi connectivity index (χ4n) is 2.76. The Labute approximate surface area is 173 Å². The summed E-state index contributed by atoms with van der Waals surface area (Å²) >= 11 is 0. The Bertz CT molecular complexity index is 809. The summed E-state index contributed by atoms with van der Waals surface area (Å²) in [6.07, 6.45) is 0. The molecule has 3 N–H and O–H groups in total. The van der Waals surface area contributed by atoms with E-state index in [0.29, 0.717) is 16.0 Å². The van der Waals surface area contributed by atoms with Gasteiger partial charge in [0.05, 0.1) is 0 Å². The molecule has 0 radical (unpaired) electrons. The topological polar surface area (TPSA) is 116 Å². The van der Waals surface area contributed by atoms with Crippen molar-refractivity contribution >= 4 is 19.8 Å². The SMILES string of the molecule is O=C1NC(c2ccccc2)(c2ccccc2)C(=O)N1COP(=O)(O)O.[H-].[Na+]. The van der Waals surface area contributed by atoms with E-state index >= 15 is 0 Å². The summed E-state index contributed by atoms with van der Waals surface area (Å²) in [5, 5.41) is 2.64. The monoisotopic (exact) mass is 386 g/mol. The van der Waals surface area contributed by atoms with Crippen LogP contribution in [-0.2, 0) is 19.4 Å².